The zero-order valence-corrected chi connectivity index (χ0v) is 19.0. The van der Waals surface area contributed by atoms with Crippen LogP contribution in [-0.4, -0.2) is 37.2 Å². The summed E-state index contributed by atoms with van der Waals surface area (Å²) in [4.78, 5) is 36.2. The molecule has 0 unspecified atom stereocenters. The van der Waals surface area contributed by atoms with E-state index in [2.05, 4.69) is 16.0 Å². The van der Waals surface area contributed by atoms with Crippen LogP contribution in [0.3, 0.4) is 0 Å². The van der Waals surface area contributed by atoms with Crippen LogP contribution in [-0.2, 0) is 27.3 Å². The van der Waals surface area contributed by atoms with E-state index in [0.29, 0.717) is 5.69 Å². The summed E-state index contributed by atoms with van der Waals surface area (Å²) in [7, 11) is 1.59. The molecule has 0 aliphatic rings. The summed E-state index contributed by atoms with van der Waals surface area (Å²) in [6, 6.07) is 14.6. The molecular formula is C24H31N3O5. The van der Waals surface area contributed by atoms with Crippen LogP contribution < -0.4 is 20.7 Å². The quantitative estimate of drug-likeness (QED) is 0.553. The van der Waals surface area contributed by atoms with Gasteiger partial charge in [0.05, 0.1) is 13.5 Å². The molecule has 3 amide bonds. The van der Waals surface area contributed by atoms with Gasteiger partial charge < -0.3 is 25.4 Å². The SMILES string of the molecule is COc1ccc(CC(=O)Nc2ccccc2CNC(=O)CCNC(=O)OC(C)(C)C)cc1. The molecule has 32 heavy (non-hydrogen) atoms. The van der Waals surface area contributed by atoms with Gasteiger partial charge in [0.25, 0.3) is 0 Å². The molecule has 0 atom stereocenters. The lowest BCUT2D eigenvalue weighted by molar-refractivity contribution is -0.121. The van der Waals surface area contributed by atoms with Crippen LogP contribution >= 0.6 is 0 Å². The monoisotopic (exact) mass is 441 g/mol. The normalized spacial score (nSPS) is 10.8. The first-order valence-corrected chi connectivity index (χ1v) is 10.4. The van der Waals surface area contributed by atoms with Crippen molar-refractivity contribution in [2.24, 2.45) is 0 Å². The summed E-state index contributed by atoms with van der Waals surface area (Å²) in [6.07, 6.45) is -0.220. The van der Waals surface area contributed by atoms with Crippen LogP contribution in [0, 0.1) is 0 Å². The van der Waals surface area contributed by atoms with Crippen molar-refractivity contribution >= 4 is 23.6 Å². The van der Waals surface area contributed by atoms with E-state index >= 15 is 0 Å². The molecule has 0 heterocycles. The van der Waals surface area contributed by atoms with Crippen LogP contribution in [0.4, 0.5) is 10.5 Å². The van der Waals surface area contributed by atoms with Gasteiger partial charge in [-0.15, -0.1) is 0 Å². The van der Waals surface area contributed by atoms with Gasteiger partial charge in [-0.05, 0) is 50.1 Å². The Balaban J connectivity index is 1.81. The Bertz CT molecular complexity index is 920. The predicted molar refractivity (Wildman–Crippen MR) is 122 cm³/mol. The molecule has 3 N–H and O–H groups in total. The van der Waals surface area contributed by atoms with Crippen molar-refractivity contribution in [3.8, 4) is 5.75 Å². The largest absolute Gasteiger partial charge is 0.497 e. The first-order valence-electron chi connectivity index (χ1n) is 10.4. The van der Waals surface area contributed by atoms with E-state index in [1.165, 1.54) is 0 Å². The predicted octanol–water partition coefficient (Wildman–Crippen LogP) is 3.41. The van der Waals surface area contributed by atoms with Gasteiger partial charge in [-0.1, -0.05) is 30.3 Å². The summed E-state index contributed by atoms with van der Waals surface area (Å²) in [5.74, 6) is 0.354. The van der Waals surface area contributed by atoms with Crippen molar-refractivity contribution in [2.75, 3.05) is 19.0 Å². The number of hydrogen-bond acceptors (Lipinski definition) is 5. The molecule has 0 aliphatic heterocycles. The first kappa shape index (κ1) is 24.7. The van der Waals surface area contributed by atoms with Gasteiger partial charge in [-0.3, -0.25) is 9.59 Å². The Morgan fingerprint density at radius 2 is 1.59 bits per heavy atom. The number of methoxy groups -OCH3 is 1. The number of carbonyl (C=O) groups is 3. The molecule has 0 saturated heterocycles. The molecular weight excluding hydrogens is 410 g/mol. The van der Waals surface area contributed by atoms with Gasteiger partial charge in [0.15, 0.2) is 0 Å². The molecule has 2 aromatic rings. The second kappa shape index (κ2) is 11.7. The fraction of sp³-hybridized carbons (Fsp3) is 0.375. The van der Waals surface area contributed by atoms with Gasteiger partial charge in [-0.25, -0.2) is 4.79 Å². The molecule has 0 radical (unpaired) electrons. The minimum atomic E-state index is -0.589. The summed E-state index contributed by atoms with van der Waals surface area (Å²) in [6.45, 7) is 5.73. The summed E-state index contributed by atoms with van der Waals surface area (Å²) >= 11 is 0. The fourth-order valence-electron chi connectivity index (χ4n) is 2.79. The van der Waals surface area contributed by atoms with E-state index < -0.39 is 11.7 Å². The van der Waals surface area contributed by atoms with Gasteiger partial charge in [-0.2, -0.15) is 0 Å². The minimum Gasteiger partial charge on any atom is -0.497 e. The smallest absolute Gasteiger partial charge is 0.407 e. The van der Waals surface area contributed by atoms with Crippen LogP contribution in [0.15, 0.2) is 48.5 Å². The van der Waals surface area contributed by atoms with Gasteiger partial charge in [0, 0.05) is 25.2 Å². The third-order valence-corrected chi connectivity index (χ3v) is 4.31. The maximum Gasteiger partial charge on any atom is 0.407 e. The molecule has 0 bridgehead atoms. The van der Waals surface area contributed by atoms with Gasteiger partial charge >= 0.3 is 6.09 Å². The third-order valence-electron chi connectivity index (χ3n) is 4.31. The standard InChI is InChI=1S/C24H31N3O5/c1-24(2,3)32-23(30)25-14-13-21(28)26-16-18-7-5-6-8-20(18)27-22(29)15-17-9-11-19(31-4)12-10-17/h5-12H,13-16H2,1-4H3,(H,25,30)(H,26,28)(H,27,29). The van der Waals surface area contributed by atoms with Crippen molar-refractivity contribution in [1.82, 2.24) is 10.6 Å². The van der Waals surface area contributed by atoms with Crippen LogP contribution in [0.1, 0.15) is 38.3 Å². The van der Waals surface area contributed by atoms with E-state index in [-0.39, 0.29) is 37.7 Å². The van der Waals surface area contributed by atoms with Crippen molar-refractivity contribution in [3.63, 3.8) is 0 Å². The summed E-state index contributed by atoms with van der Waals surface area (Å²) in [5, 5.41) is 8.25. The Hall–Kier alpha value is -3.55. The fourth-order valence-corrected chi connectivity index (χ4v) is 2.79. The van der Waals surface area contributed by atoms with E-state index in [1.54, 1.807) is 33.9 Å². The van der Waals surface area contributed by atoms with Crippen molar-refractivity contribution < 1.29 is 23.9 Å². The van der Waals surface area contributed by atoms with Gasteiger partial charge in [0.2, 0.25) is 11.8 Å². The van der Waals surface area contributed by atoms with Crippen molar-refractivity contribution in [2.45, 2.75) is 45.8 Å². The number of carbonyl (C=O) groups excluding carboxylic acids is 3. The number of para-hydroxylation sites is 1. The van der Waals surface area contributed by atoms with E-state index in [0.717, 1.165) is 16.9 Å². The number of anilines is 1. The second-order valence-electron chi connectivity index (χ2n) is 8.19. The number of benzene rings is 2. The highest BCUT2D eigenvalue weighted by atomic mass is 16.6. The first-order chi connectivity index (χ1) is 15.2. The average Bonchev–Trinajstić information content (AvgIpc) is 2.72. The van der Waals surface area contributed by atoms with Gasteiger partial charge in [0.1, 0.15) is 11.4 Å². The molecule has 2 rings (SSSR count). The zero-order valence-electron chi connectivity index (χ0n) is 19.0. The molecule has 0 fully saturated rings. The minimum absolute atomic E-state index is 0.116. The Morgan fingerprint density at radius 1 is 0.906 bits per heavy atom. The molecule has 0 aliphatic carbocycles. The Kier molecular flexibility index (Phi) is 9.07. The molecule has 0 aromatic heterocycles. The highest BCUT2D eigenvalue weighted by molar-refractivity contribution is 5.93. The van der Waals surface area contributed by atoms with E-state index in [1.807, 2.05) is 42.5 Å². The number of ether oxygens (including phenoxy) is 2. The molecule has 2 aromatic carbocycles. The third kappa shape index (κ3) is 9.07. The molecule has 172 valence electrons. The van der Waals surface area contributed by atoms with Crippen LogP contribution in [0.5, 0.6) is 5.75 Å². The lowest BCUT2D eigenvalue weighted by Gasteiger charge is -2.19. The van der Waals surface area contributed by atoms with E-state index in [4.69, 9.17) is 9.47 Å². The number of amides is 3. The number of nitrogens with one attached hydrogen (secondary N) is 3. The number of rotatable bonds is 9. The zero-order chi connectivity index (χ0) is 23.6. The average molecular weight is 442 g/mol. The highest BCUT2D eigenvalue weighted by Gasteiger charge is 2.16. The summed E-state index contributed by atoms with van der Waals surface area (Å²) < 4.78 is 10.3. The molecule has 0 saturated carbocycles. The number of alkyl carbamates (subject to hydrolysis) is 1. The maximum absolute atomic E-state index is 12.4. The Morgan fingerprint density at radius 3 is 2.25 bits per heavy atom. The highest BCUT2D eigenvalue weighted by Crippen LogP contribution is 2.16. The molecule has 0 spiro atoms. The number of hydrogen-bond donors (Lipinski definition) is 3. The van der Waals surface area contributed by atoms with Crippen LogP contribution in [0.2, 0.25) is 0 Å². The van der Waals surface area contributed by atoms with E-state index in [9.17, 15) is 14.4 Å². The van der Waals surface area contributed by atoms with Crippen molar-refractivity contribution in [3.05, 3.63) is 59.7 Å². The Labute approximate surface area is 188 Å². The molecule has 8 heteroatoms. The maximum atomic E-state index is 12.4. The summed E-state index contributed by atoms with van der Waals surface area (Å²) in [5.41, 5.74) is 1.70. The second-order valence-corrected chi connectivity index (χ2v) is 8.19. The van der Waals surface area contributed by atoms with Crippen LogP contribution in [0.25, 0.3) is 0 Å². The molecule has 8 nitrogen and oxygen atoms in total. The lowest BCUT2D eigenvalue weighted by Crippen LogP contribution is -2.35. The van der Waals surface area contributed by atoms with Crippen molar-refractivity contribution in [1.29, 1.82) is 0 Å². The topological polar surface area (TPSA) is 106 Å². The lowest BCUT2D eigenvalue weighted by atomic mass is 10.1.